The molecule has 6 heteroatoms. The standard InChI is InChI=1S/C10H18N2O4/c1-6(2)12-7(13)5-11-8(14)10(3,4)9(15)16/h6H,5H2,1-4H3,(H,11,14)(H,12,13)(H,15,16). The molecule has 0 fully saturated rings. The molecular formula is C10H18N2O4. The summed E-state index contributed by atoms with van der Waals surface area (Å²) in [4.78, 5) is 33.3. The molecule has 92 valence electrons. The molecule has 0 atom stereocenters. The predicted octanol–water partition coefficient (Wildman–Crippen LogP) is -0.262. The number of rotatable bonds is 5. The minimum atomic E-state index is -1.53. The maximum absolute atomic E-state index is 11.4. The quantitative estimate of drug-likeness (QED) is 0.567. The first kappa shape index (κ1) is 14.4. The van der Waals surface area contributed by atoms with Crippen molar-refractivity contribution in [3.63, 3.8) is 0 Å². The number of carboxylic acid groups (broad SMARTS) is 1. The van der Waals surface area contributed by atoms with Crippen LogP contribution in [0.15, 0.2) is 0 Å². The van der Waals surface area contributed by atoms with Crippen molar-refractivity contribution in [3.05, 3.63) is 0 Å². The van der Waals surface area contributed by atoms with E-state index in [0.29, 0.717) is 0 Å². The number of hydrogen-bond donors (Lipinski definition) is 3. The van der Waals surface area contributed by atoms with Crippen LogP contribution in [0, 0.1) is 5.41 Å². The maximum Gasteiger partial charge on any atom is 0.318 e. The lowest BCUT2D eigenvalue weighted by Crippen LogP contribution is -2.46. The first-order valence-corrected chi connectivity index (χ1v) is 4.99. The lowest BCUT2D eigenvalue weighted by Gasteiger charge is -2.18. The smallest absolute Gasteiger partial charge is 0.318 e. The Morgan fingerprint density at radius 3 is 2.12 bits per heavy atom. The van der Waals surface area contributed by atoms with Gasteiger partial charge in [0, 0.05) is 6.04 Å². The lowest BCUT2D eigenvalue weighted by molar-refractivity contribution is -0.153. The Hall–Kier alpha value is -1.59. The number of amides is 2. The van der Waals surface area contributed by atoms with Crippen LogP contribution >= 0.6 is 0 Å². The van der Waals surface area contributed by atoms with Crippen LogP contribution in [0.2, 0.25) is 0 Å². The molecule has 0 bridgehead atoms. The Morgan fingerprint density at radius 1 is 1.25 bits per heavy atom. The Morgan fingerprint density at radius 2 is 1.75 bits per heavy atom. The summed E-state index contributed by atoms with van der Waals surface area (Å²) in [6.45, 7) is 5.94. The van der Waals surface area contributed by atoms with E-state index in [1.54, 1.807) is 13.8 Å². The van der Waals surface area contributed by atoms with Gasteiger partial charge in [0.25, 0.3) is 0 Å². The number of carbonyl (C=O) groups excluding carboxylic acids is 2. The number of aliphatic carboxylic acids is 1. The summed E-state index contributed by atoms with van der Waals surface area (Å²) in [5.41, 5.74) is -1.53. The molecule has 0 radical (unpaired) electrons. The largest absolute Gasteiger partial charge is 0.480 e. The second kappa shape index (κ2) is 5.48. The van der Waals surface area contributed by atoms with Crippen LogP contribution in [0.1, 0.15) is 27.7 Å². The fourth-order valence-corrected chi connectivity index (χ4v) is 0.852. The molecule has 6 nitrogen and oxygen atoms in total. The molecule has 0 spiro atoms. The van der Waals surface area contributed by atoms with Crippen molar-refractivity contribution in [2.24, 2.45) is 5.41 Å². The molecule has 0 unspecified atom stereocenters. The molecule has 0 heterocycles. The highest BCUT2D eigenvalue weighted by atomic mass is 16.4. The monoisotopic (exact) mass is 230 g/mol. The van der Waals surface area contributed by atoms with E-state index in [1.807, 2.05) is 0 Å². The van der Waals surface area contributed by atoms with Crippen LogP contribution in [-0.2, 0) is 14.4 Å². The summed E-state index contributed by atoms with van der Waals surface area (Å²) < 4.78 is 0. The summed E-state index contributed by atoms with van der Waals surface area (Å²) >= 11 is 0. The van der Waals surface area contributed by atoms with Crippen molar-refractivity contribution in [1.29, 1.82) is 0 Å². The van der Waals surface area contributed by atoms with Gasteiger partial charge in [0.1, 0.15) is 5.41 Å². The zero-order valence-corrected chi connectivity index (χ0v) is 9.96. The van der Waals surface area contributed by atoms with Crippen molar-refractivity contribution >= 4 is 17.8 Å². The first-order chi connectivity index (χ1) is 7.17. The Kier molecular flexibility index (Phi) is 4.94. The molecule has 0 saturated carbocycles. The third-order valence-corrected chi connectivity index (χ3v) is 1.96. The highest BCUT2D eigenvalue weighted by Gasteiger charge is 2.35. The SMILES string of the molecule is CC(C)NC(=O)CNC(=O)C(C)(C)C(=O)O. The van der Waals surface area contributed by atoms with Crippen LogP contribution in [0.4, 0.5) is 0 Å². The van der Waals surface area contributed by atoms with E-state index in [2.05, 4.69) is 10.6 Å². The minimum absolute atomic E-state index is 0.0168. The van der Waals surface area contributed by atoms with Gasteiger partial charge >= 0.3 is 5.97 Å². The number of carboxylic acids is 1. The van der Waals surface area contributed by atoms with E-state index in [9.17, 15) is 14.4 Å². The van der Waals surface area contributed by atoms with Gasteiger partial charge in [-0.15, -0.1) is 0 Å². The van der Waals surface area contributed by atoms with Crippen LogP contribution < -0.4 is 10.6 Å². The molecule has 0 saturated heterocycles. The molecule has 0 aliphatic rings. The zero-order valence-electron chi connectivity index (χ0n) is 9.96. The van der Waals surface area contributed by atoms with Crippen molar-refractivity contribution in [1.82, 2.24) is 10.6 Å². The van der Waals surface area contributed by atoms with Gasteiger partial charge in [-0.1, -0.05) is 0 Å². The highest BCUT2D eigenvalue weighted by Crippen LogP contribution is 2.14. The van der Waals surface area contributed by atoms with Crippen LogP contribution in [0.3, 0.4) is 0 Å². The first-order valence-electron chi connectivity index (χ1n) is 4.99. The van der Waals surface area contributed by atoms with E-state index in [4.69, 9.17) is 5.11 Å². The average molecular weight is 230 g/mol. The molecule has 0 aromatic rings. The highest BCUT2D eigenvalue weighted by molar-refractivity contribution is 6.02. The number of hydrogen-bond acceptors (Lipinski definition) is 3. The van der Waals surface area contributed by atoms with Gasteiger partial charge in [0.15, 0.2) is 0 Å². The predicted molar refractivity (Wildman–Crippen MR) is 57.7 cm³/mol. The van der Waals surface area contributed by atoms with Gasteiger partial charge in [-0.3, -0.25) is 14.4 Å². The summed E-state index contributed by atoms with van der Waals surface area (Å²) in [6.07, 6.45) is 0. The Labute approximate surface area is 94.4 Å². The van der Waals surface area contributed by atoms with E-state index in [1.165, 1.54) is 13.8 Å². The van der Waals surface area contributed by atoms with Gasteiger partial charge in [-0.25, -0.2) is 0 Å². The fraction of sp³-hybridized carbons (Fsp3) is 0.700. The molecular weight excluding hydrogens is 212 g/mol. The van der Waals surface area contributed by atoms with Crippen LogP contribution in [0.5, 0.6) is 0 Å². The van der Waals surface area contributed by atoms with Crippen molar-refractivity contribution in [2.45, 2.75) is 33.7 Å². The fourth-order valence-electron chi connectivity index (χ4n) is 0.852. The average Bonchev–Trinajstić information content (AvgIpc) is 2.12. The Balaban J connectivity index is 4.18. The normalized spacial score (nSPS) is 11.1. The lowest BCUT2D eigenvalue weighted by atomic mass is 9.93. The number of carbonyl (C=O) groups is 3. The van der Waals surface area contributed by atoms with Gasteiger partial charge < -0.3 is 15.7 Å². The molecule has 0 aromatic heterocycles. The zero-order chi connectivity index (χ0) is 12.9. The van der Waals surface area contributed by atoms with E-state index in [0.717, 1.165) is 0 Å². The van der Waals surface area contributed by atoms with Crippen LogP contribution in [-0.4, -0.2) is 35.5 Å². The molecule has 16 heavy (non-hydrogen) atoms. The molecule has 0 aliphatic heterocycles. The van der Waals surface area contributed by atoms with E-state index >= 15 is 0 Å². The van der Waals surface area contributed by atoms with Gasteiger partial charge in [0.2, 0.25) is 11.8 Å². The summed E-state index contributed by atoms with van der Waals surface area (Å²) in [5, 5.41) is 13.6. The second-order valence-electron chi connectivity index (χ2n) is 4.34. The van der Waals surface area contributed by atoms with Crippen molar-refractivity contribution in [3.8, 4) is 0 Å². The van der Waals surface area contributed by atoms with E-state index in [-0.39, 0.29) is 18.5 Å². The topological polar surface area (TPSA) is 95.5 Å². The second-order valence-corrected chi connectivity index (χ2v) is 4.34. The minimum Gasteiger partial charge on any atom is -0.480 e. The number of nitrogens with one attached hydrogen (secondary N) is 2. The maximum atomic E-state index is 11.4. The third-order valence-electron chi connectivity index (χ3n) is 1.96. The third kappa shape index (κ3) is 4.29. The molecule has 0 aromatic carbocycles. The van der Waals surface area contributed by atoms with Gasteiger partial charge in [-0.05, 0) is 27.7 Å². The van der Waals surface area contributed by atoms with Crippen molar-refractivity contribution < 1.29 is 19.5 Å². The van der Waals surface area contributed by atoms with Gasteiger partial charge in [-0.2, -0.15) is 0 Å². The van der Waals surface area contributed by atoms with Gasteiger partial charge in [0.05, 0.1) is 6.54 Å². The van der Waals surface area contributed by atoms with E-state index < -0.39 is 17.3 Å². The summed E-state index contributed by atoms with van der Waals surface area (Å²) in [7, 11) is 0. The molecule has 0 rings (SSSR count). The summed E-state index contributed by atoms with van der Waals surface area (Å²) in [5.74, 6) is -2.25. The molecule has 0 aliphatic carbocycles. The Bertz CT molecular complexity index is 297. The summed E-state index contributed by atoms with van der Waals surface area (Å²) in [6, 6.07) is -0.0168. The van der Waals surface area contributed by atoms with Crippen LogP contribution in [0.25, 0.3) is 0 Å². The van der Waals surface area contributed by atoms with Crippen molar-refractivity contribution in [2.75, 3.05) is 6.54 Å². The molecule has 2 amide bonds. The molecule has 3 N–H and O–H groups in total.